The lowest BCUT2D eigenvalue weighted by Crippen LogP contribution is -2.14. The number of unbranched alkanes of at least 4 members (excludes halogenated alkanes) is 3. The van der Waals surface area contributed by atoms with Crippen molar-refractivity contribution in [3.05, 3.63) is 46.5 Å². The number of benzene rings is 1. The van der Waals surface area contributed by atoms with Crippen LogP contribution in [0.5, 0.6) is 0 Å². The summed E-state index contributed by atoms with van der Waals surface area (Å²) < 4.78 is 7.80. The molecule has 4 nitrogen and oxygen atoms in total. The average molecular weight is 342 g/mol. The summed E-state index contributed by atoms with van der Waals surface area (Å²) in [4.78, 5) is 3.97. The number of aromatic nitrogens is 3. The summed E-state index contributed by atoms with van der Waals surface area (Å²) in [6, 6.07) is 5.49. The number of hydrogen-bond acceptors (Lipinski definition) is 3. The predicted molar refractivity (Wildman–Crippen MR) is 89.3 cm³/mol. The second kappa shape index (κ2) is 9.13. The zero-order chi connectivity index (χ0) is 15.8. The molecule has 0 aliphatic carbocycles. The summed E-state index contributed by atoms with van der Waals surface area (Å²) in [5.41, 5.74) is 0.928. The van der Waals surface area contributed by atoms with Gasteiger partial charge < -0.3 is 4.74 Å². The lowest BCUT2D eigenvalue weighted by Gasteiger charge is -2.19. The van der Waals surface area contributed by atoms with Crippen LogP contribution in [-0.2, 0) is 11.3 Å². The molecule has 0 amide bonds. The third-order valence-electron chi connectivity index (χ3n) is 3.45. The monoisotopic (exact) mass is 341 g/mol. The molecule has 0 fully saturated rings. The molecule has 120 valence electrons. The highest BCUT2D eigenvalue weighted by atomic mass is 35.5. The van der Waals surface area contributed by atoms with Gasteiger partial charge in [-0.25, -0.2) is 4.98 Å². The van der Waals surface area contributed by atoms with Gasteiger partial charge in [0.05, 0.1) is 6.54 Å². The Morgan fingerprint density at radius 2 is 2.09 bits per heavy atom. The largest absolute Gasteiger partial charge is 0.372 e. The van der Waals surface area contributed by atoms with Crippen LogP contribution in [0, 0.1) is 0 Å². The van der Waals surface area contributed by atoms with E-state index in [0.29, 0.717) is 23.2 Å². The topological polar surface area (TPSA) is 39.9 Å². The lowest BCUT2D eigenvalue weighted by molar-refractivity contribution is 0.0356. The van der Waals surface area contributed by atoms with Crippen molar-refractivity contribution in [2.45, 2.75) is 45.3 Å². The van der Waals surface area contributed by atoms with Gasteiger partial charge >= 0.3 is 0 Å². The fourth-order valence-electron chi connectivity index (χ4n) is 2.25. The van der Waals surface area contributed by atoms with E-state index in [1.807, 2.05) is 12.1 Å². The molecule has 0 saturated heterocycles. The quantitative estimate of drug-likeness (QED) is 0.607. The Kier molecular flexibility index (Phi) is 7.16. The van der Waals surface area contributed by atoms with Crippen molar-refractivity contribution in [2.24, 2.45) is 0 Å². The molecular formula is C16H21Cl2N3O. The zero-order valence-corrected chi connectivity index (χ0v) is 14.2. The summed E-state index contributed by atoms with van der Waals surface area (Å²) in [7, 11) is 0. The Morgan fingerprint density at radius 1 is 1.23 bits per heavy atom. The summed E-state index contributed by atoms with van der Waals surface area (Å²) in [6.07, 6.45) is 7.71. The first-order valence-corrected chi connectivity index (χ1v) is 8.35. The van der Waals surface area contributed by atoms with Crippen molar-refractivity contribution in [3.8, 4) is 0 Å². The molecule has 1 unspecified atom stereocenters. The number of nitrogens with zero attached hydrogens (tertiary/aromatic N) is 3. The van der Waals surface area contributed by atoms with Crippen molar-refractivity contribution in [1.82, 2.24) is 14.8 Å². The zero-order valence-electron chi connectivity index (χ0n) is 12.7. The van der Waals surface area contributed by atoms with Gasteiger partial charge in [-0.3, -0.25) is 4.68 Å². The van der Waals surface area contributed by atoms with Crippen molar-refractivity contribution >= 4 is 23.2 Å². The van der Waals surface area contributed by atoms with Gasteiger partial charge in [0.15, 0.2) is 0 Å². The standard InChI is InChI=1S/C16H21Cl2N3O/c1-2-3-4-5-8-22-16(10-21-12-19-11-20-21)14-7-6-13(17)9-15(14)18/h6-7,9,11-12,16H,2-5,8,10H2,1H3. The average Bonchev–Trinajstić information content (AvgIpc) is 2.99. The van der Waals surface area contributed by atoms with Crippen LogP contribution in [0.25, 0.3) is 0 Å². The van der Waals surface area contributed by atoms with Crippen LogP contribution in [0.2, 0.25) is 10.0 Å². The first kappa shape index (κ1) is 17.3. The van der Waals surface area contributed by atoms with Crippen LogP contribution in [0.3, 0.4) is 0 Å². The summed E-state index contributed by atoms with van der Waals surface area (Å²) in [5.74, 6) is 0. The number of halogens is 2. The van der Waals surface area contributed by atoms with E-state index in [0.717, 1.165) is 12.0 Å². The van der Waals surface area contributed by atoms with Crippen LogP contribution >= 0.6 is 23.2 Å². The van der Waals surface area contributed by atoms with Crippen molar-refractivity contribution in [1.29, 1.82) is 0 Å². The second-order valence-electron chi connectivity index (χ2n) is 5.20. The summed E-state index contributed by atoms with van der Waals surface area (Å²) in [6.45, 7) is 3.48. The minimum absolute atomic E-state index is 0.159. The molecule has 0 saturated carbocycles. The van der Waals surface area contributed by atoms with Crippen LogP contribution in [-0.4, -0.2) is 21.4 Å². The third-order valence-corrected chi connectivity index (χ3v) is 4.01. The molecule has 0 N–H and O–H groups in total. The molecule has 0 aliphatic heterocycles. The second-order valence-corrected chi connectivity index (χ2v) is 6.05. The minimum atomic E-state index is -0.159. The highest BCUT2D eigenvalue weighted by Crippen LogP contribution is 2.29. The van der Waals surface area contributed by atoms with E-state index in [2.05, 4.69) is 17.0 Å². The SMILES string of the molecule is CCCCCCOC(Cn1cncn1)c1ccc(Cl)cc1Cl. The van der Waals surface area contributed by atoms with Crippen LogP contribution in [0.15, 0.2) is 30.9 Å². The fraction of sp³-hybridized carbons (Fsp3) is 0.500. The van der Waals surface area contributed by atoms with Gasteiger partial charge in [0.25, 0.3) is 0 Å². The van der Waals surface area contributed by atoms with Crippen molar-refractivity contribution in [2.75, 3.05) is 6.61 Å². The van der Waals surface area contributed by atoms with E-state index < -0.39 is 0 Å². The molecule has 1 aromatic carbocycles. The molecule has 6 heteroatoms. The molecule has 1 heterocycles. The van der Waals surface area contributed by atoms with Crippen molar-refractivity contribution < 1.29 is 4.74 Å². The highest BCUT2D eigenvalue weighted by Gasteiger charge is 2.17. The predicted octanol–water partition coefficient (Wildman–Crippen LogP) is 4.92. The van der Waals surface area contributed by atoms with Crippen LogP contribution < -0.4 is 0 Å². The Hall–Kier alpha value is -1.10. The van der Waals surface area contributed by atoms with E-state index >= 15 is 0 Å². The molecule has 1 atom stereocenters. The molecule has 1 aromatic heterocycles. The lowest BCUT2D eigenvalue weighted by atomic mass is 10.1. The normalized spacial score (nSPS) is 12.5. The highest BCUT2D eigenvalue weighted by molar-refractivity contribution is 6.35. The third kappa shape index (κ3) is 5.27. The van der Waals surface area contributed by atoms with Crippen LogP contribution in [0.4, 0.5) is 0 Å². The molecule has 0 radical (unpaired) electrons. The molecule has 22 heavy (non-hydrogen) atoms. The maximum absolute atomic E-state index is 6.32. The van der Waals surface area contributed by atoms with Gasteiger partial charge in [0.2, 0.25) is 0 Å². The van der Waals surface area contributed by atoms with E-state index in [4.69, 9.17) is 27.9 Å². The minimum Gasteiger partial charge on any atom is -0.372 e. The Morgan fingerprint density at radius 3 is 2.77 bits per heavy atom. The van der Waals surface area contributed by atoms with Gasteiger partial charge in [-0.1, -0.05) is 55.5 Å². The number of rotatable bonds is 9. The Bertz CT molecular complexity index is 561. The summed E-state index contributed by atoms with van der Waals surface area (Å²) >= 11 is 12.3. The van der Waals surface area contributed by atoms with Gasteiger partial charge in [0, 0.05) is 22.2 Å². The first-order chi connectivity index (χ1) is 10.7. The maximum Gasteiger partial charge on any atom is 0.137 e. The van der Waals surface area contributed by atoms with E-state index in [1.165, 1.54) is 25.6 Å². The number of hydrogen-bond donors (Lipinski definition) is 0. The molecule has 0 aliphatic rings. The van der Waals surface area contributed by atoms with E-state index in [-0.39, 0.29) is 6.10 Å². The van der Waals surface area contributed by atoms with Gasteiger partial charge in [-0.05, 0) is 18.6 Å². The smallest absolute Gasteiger partial charge is 0.137 e. The summed E-state index contributed by atoms with van der Waals surface area (Å²) in [5, 5.41) is 5.38. The molecule has 2 aromatic rings. The van der Waals surface area contributed by atoms with Crippen LogP contribution in [0.1, 0.15) is 44.3 Å². The molecule has 0 bridgehead atoms. The molecule has 0 spiro atoms. The van der Waals surface area contributed by atoms with E-state index in [1.54, 1.807) is 17.1 Å². The molecule has 2 rings (SSSR count). The van der Waals surface area contributed by atoms with E-state index in [9.17, 15) is 0 Å². The maximum atomic E-state index is 6.32. The fourth-order valence-corrected chi connectivity index (χ4v) is 2.78. The first-order valence-electron chi connectivity index (χ1n) is 7.59. The van der Waals surface area contributed by atoms with Gasteiger partial charge in [0.1, 0.15) is 18.8 Å². The number of ether oxygens (including phenoxy) is 1. The van der Waals surface area contributed by atoms with Crippen molar-refractivity contribution in [3.63, 3.8) is 0 Å². The van der Waals surface area contributed by atoms with Gasteiger partial charge in [-0.15, -0.1) is 0 Å². The Balaban J connectivity index is 2.03. The Labute approximate surface area is 141 Å². The molecular weight excluding hydrogens is 321 g/mol. The van der Waals surface area contributed by atoms with Gasteiger partial charge in [-0.2, -0.15) is 5.10 Å².